The van der Waals surface area contributed by atoms with E-state index in [1.165, 1.54) is 24.8 Å². The SMILES string of the molecule is CCCc1ccc(C(=O)OC)cc1.CO.COc1ccc(CCC[NH+]2CCCC(NC(=O)OC(C)(C)C)C2)cc1.O=CC(F)(F)F. The number of benzene rings is 2. The van der Waals surface area contributed by atoms with Crippen molar-refractivity contribution in [3.63, 3.8) is 0 Å². The van der Waals surface area contributed by atoms with E-state index in [4.69, 9.17) is 19.4 Å². The van der Waals surface area contributed by atoms with Gasteiger partial charge in [0.25, 0.3) is 0 Å². The average Bonchev–Trinajstić information content (AvgIpc) is 3.02. The van der Waals surface area contributed by atoms with Gasteiger partial charge in [-0.25, -0.2) is 9.59 Å². The molecule has 1 aliphatic heterocycles. The van der Waals surface area contributed by atoms with E-state index in [-0.39, 0.29) is 18.1 Å². The van der Waals surface area contributed by atoms with Crippen molar-refractivity contribution in [2.45, 2.75) is 84.0 Å². The molecule has 2 atom stereocenters. The second-order valence-electron chi connectivity index (χ2n) is 11.5. The summed E-state index contributed by atoms with van der Waals surface area (Å²) in [6, 6.07) is 16.1. The molecular weight excluding hydrogens is 605 g/mol. The lowest BCUT2D eigenvalue weighted by Crippen LogP contribution is -3.14. The minimum atomic E-state index is -4.64. The molecule has 3 N–H and O–H groups in total. The van der Waals surface area contributed by atoms with Gasteiger partial charge in [0, 0.05) is 13.5 Å². The zero-order valence-corrected chi connectivity index (χ0v) is 28.2. The highest BCUT2D eigenvalue weighted by Crippen LogP contribution is 2.13. The summed E-state index contributed by atoms with van der Waals surface area (Å²) in [4.78, 5) is 33.3. The molecule has 1 aliphatic rings. The van der Waals surface area contributed by atoms with Crippen LogP contribution in [0.15, 0.2) is 48.5 Å². The van der Waals surface area contributed by atoms with Crippen molar-refractivity contribution in [3.8, 4) is 5.75 Å². The Bertz CT molecular complexity index is 1120. The van der Waals surface area contributed by atoms with Crippen LogP contribution in [0.25, 0.3) is 0 Å². The van der Waals surface area contributed by atoms with Crippen LogP contribution in [0.4, 0.5) is 18.0 Å². The van der Waals surface area contributed by atoms with Crippen LogP contribution >= 0.6 is 0 Å². The number of alkyl halides is 3. The molecule has 1 saturated heterocycles. The minimum Gasteiger partial charge on any atom is -0.497 e. The first kappa shape index (κ1) is 42.4. The standard InChI is InChI=1S/C20H32N2O3.C11H14O2.C2HF3O.CH4O/c1-20(2,3)25-19(23)21-17-8-6-14-22(15-17)13-5-7-16-9-11-18(24-4)12-10-16;1-3-4-9-5-7-10(8-6-9)11(12)13-2;3-2(4,5)1-6;1-2/h9-12,17H,5-8,13-15H2,1-4H3,(H,21,23);5-8H,3-4H2,1-2H3;1H;2H,1H3/p+1. The van der Waals surface area contributed by atoms with Crippen molar-refractivity contribution < 1.29 is 51.8 Å². The van der Waals surface area contributed by atoms with Gasteiger partial charge in [-0.3, -0.25) is 4.79 Å². The normalized spacial score (nSPS) is 15.6. The third-order valence-corrected chi connectivity index (χ3v) is 6.54. The molecule has 9 nitrogen and oxygen atoms in total. The van der Waals surface area contributed by atoms with Crippen molar-refractivity contribution >= 4 is 18.3 Å². The Hall–Kier alpha value is -3.64. The van der Waals surface area contributed by atoms with Crippen molar-refractivity contribution in [2.75, 3.05) is 41.0 Å². The number of aryl methyl sites for hydroxylation is 2. The molecule has 2 unspecified atom stereocenters. The number of aliphatic hydroxyl groups is 1. The van der Waals surface area contributed by atoms with E-state index < -0.39 is 18.1 Å². The summed E-state index contributed by atoms with van der Waals surface area (Å²) in [5.41, 5.74) is 2.78. The third-order valence-electron chi connectivity index (χ3n) is 6.54. The van der Waals surface area contributed by atoms with E-state index in [1.807, 2.05) is 45.0 Å². The van der Waals surface area contributed by atoms with Crippen LogP contribution in [0.3, 0.4) is 0 Å². The number of methoxy groups -OCH3 is 2. The lowest BCUT2D eigenvalue weighted by Gasteiger charge is -2.31. The number of rotatable bonds is 9. The zero-order valence-electron chi connectivity index (χ0n) is 28.2. The van der Waals surface area contributed by atoms with Crippen LogP contribution in [0, 0.1) is 0 Å². The van der Waals surface area contributed by atoms with Gasteiger partial charge in [0.1, 0.15) is 11.4 Å². The highest BCUT2D eigenvalue weighted by Gasteiger charge is 2.26. The van der Waals surface area contributed by atoms with Gasteiger partial charge in [-0.1, -0.05) is 37.6 Å². The molecule has 0 aromatic heterocycles. The summed E-state index contributed by atoms with van der Waals surface area (Å²) in [7, 11) is 4.08. The number of esters is 1. The molecule has 46 heavy (non-hydrogen) atoms. The van der Waals surface area contributed by atoms with Crippen molar-refractivity contribution in [3.05, 3.63) is 65.2 Å². The number of carbonyl (C=O) groups is 3. The molecular formula is C34H52F3N2O7+. The maximum Gasteiger partial charge on any atom is 0.446 e. The Morgan fingerprint density at radius 3 is 2.00 bits per heavy atom. The number of amides is 1. The smallest absolute Gasteiger partial charge is 0.446 e. The van der Waals surface area contributed by atoms with Gasteiger partial charge in [-0.05, 0) is 81.8 Å². The number of aliphatic hydroxyl groups excluding tert-OH is 1. The molecule has 2 aromatic rings. The summed E-state index contributed by atoms with van der Waals surface area (Å²) in [5.74, 6) is 0.629. The molecule has 2 aromatic carbocycles. The Balaban J connectivity index is 0.000000801. The summed E-state index contributed by atoms with van der Waals surface area (Å²) >= 11 is 0. The van der Waals surface area contributed by atoms with E-state index >= 15 is 0 Å². The summed E-state index contributed by atoms with van der Waals surface area (Å²) in [5, 5.41) is 10.0. The Morgan fingerprint density at radius 1 is 0.978 bits per heavy atom. The van der Waals surface area contributed by atoms with Crippen LogP contribution in [0.2, 0.25) is 0 Å². The zero-order chi connectivity index (χ0) is 35.2. The fourth-order valence-electron chi connectivity index (χ4n) is 4.52. The van der Waals surface area contributed by atoms with Crippen LogP contribution in [-0.4, -0.2) is 82.2 Å². The molecule has 260 valence electrons. The van der Waals surface area contributed by atoms with Gasteiger partial charge in [0.15, 0.2) is 0 Å². The topological polar surface area (TPSA) is 116 Å². The van der Waals surface area contributed by atoms with Crippen molar-refractivity contribution in [1.82, 2.24) is 5.32 Å². The molecule has 1 fully saturated rings. The quantitative estimate of drug-likeness (QED) is 0.257. The highest BCUT2D eigenvalue weighted by atomic mass is 19.4. The lowest BCUT2D eigenvalue weighted by molar-refractivity contribution is -0.906. The number of hydrogen-bond acceptors (Lipinski definition) is 7. The number of ether oxygens (including phenoxy) is 3. The summed E-state index contributed by atoms with van der Waals surface area (Å²) in [6.45, 7) is 11.1. The number of aldehydes is 1. The van der Waals surface area contributed by atoms with Crippen LogP contribution in [0.5, 0.6) is 5.75 Å². The number of nitrogens with one attached hydrogen (secondary N) is 2. The van der Waals surface area contributed by atoms with E-state index in [0.29, 0.717) is 5.56 Å². The number of carbonyl (C=O) groups excluding carboxylic acids is 3. The molecule has 12 heteroatoms. The lowest BCUT2D eigenvalue weighted by atomic mass is 10.0. The first-order valence-electron chi connectivity index (χ1n) is 15.3. The van der Waals surface area contributed by atoms with Gasteiger partial charge in [-0.2, -0.15) is 13.2 Å². The first-order valence-corrected chi connectivity index (χ1v) is 15.3. The second kappa shape index (κ2) is 22.8. The summed E-state index contributed by atoms with van der Waals surface area (Å²) < 4.78 is 46.4. The highest BCUT2D eigenvalue weighted by molar-refractivity contribution is 5.89. The van der Waals surface area contributed by atoms with Gasteiger partial charge >= 0.3 is 18.2 Å². The van der Waals surface area contributed by atoms with Crippen molar-refractivity contribution in [1.29, 1.82) is 0 Å². The Morgan fingerprint density at radius 2 is 1.52 bits per heavy atom. The molecule has 0 radical (unpaired) electrons. The van der Waals surface area contributed by atoms with Gasteiger partial charge < -0.3 is 29.5 Å². The average molecular weight is 658 g/mol. The monoisotopic (exact) mass is 657 g/mol. The first-order chi connectivity index (χ1) is 21.7. The second-order valence-corrected chi connectivity index (χ2v) is 11.5. The molecule has 1 heterocycles. The van der Waals surface area contributed by atoms with Gasteiger partial charge in [-0.15, -0.1) is 0 Å². The number of quaternary nitrogens is 1. The Kier molecular flexibility index (Phi) is 21.0. The number of alkyl carbamates (subject to hydrolysis) is 1. The molecule has 3 rings (SSSR count). The number of hydrogen-bond donors (Lipinski definition) is 3. The van der Waals surface area contributed by atoms with E-state index in [9.17, 15) is 22.8 Å². The summed E-state index contributed by atoms with van der Waals surface area (Å²) in [6.07, 6.45) is 0.612. The Labute approximate surface area is 271 Å². The predicted molar refractivity (Wildman–Crippen MR) is 171 cm³/mol. The van der Waals surface area contributed by atoms with Crippen molar-refractivity contribution in [2.24, 2.45) is 0 Å². The van der Waals surface area contributed by atoms with E-state index in [0.717, 1.165) is 64.5 Å². The van der Waals surface area contributed by atoms with E-state index in [2.05, 4.69) is 29.1 Å². The number of piperidine rings is 1. The van der Waals surface area contributed by atoms with Crippen LogP contribution < -0.4 is 15.0 Å². The fraction of sp³-hybridized carbons (Fsp3) is 0.559. The van der Waals surface area contributed by atoms with E-state index in [1.54, 1.807) is 24.1 Å². The molecule has 0 spiro atoms. The van der Waals surface area contributed by atoms with Gasteiger partial charge in [0.2, 0.25) is 6.29 Å². The fourth-order valence-corrected chi connectivity index (χ4v) is 4.52. The predicted octanol–water partition coefficient (Wildman–Crippen LogP) is 4.98. The molecule has 0 saturated carbocycles. The van der Waals surface area contributed by atoms with Crippen LogP contribution in [-0.2, 0) is 27.1 Å². The third kappa shape index (κ3) is 20.4. The number of halogens is 3. The largest absolute Gasteiger partial charge is 0.497 e. The molecule has 0 bridgehead atoms. The maximum atomic E-state index is 11.9. The molecule has 1 amide bonds. The van der Waals surface area contributed by atoms with Crippen LogP contribution in [0.1, 0.15) is 74.9 Å². The minimum absolute atomic E-state index is 0.222. The number of likely N-dealkylation sites (tertiary alicyclic amines) is 1. The maximum absolute atomic E-state index is 11.9. The molecule has 0 aliphatic carbocycles. The van der Waals surface area contributed by atoms with Gasteiger partial charge in [0.05, 0.1) is 45.5 Å².